The van der Waals surface area contributed by atoms with E-state index in [9.17, 15) is 10.1 Å². The number of nitrogens with zero attached hydrogens (tertiary/aromatic N) is 1. The molecule has 4 nitrogen and oxygen atoms in total. The van der Waals surface area contributed by atoms with Gasteiger partial charge in [-0.2, -0.15) is 5.26 Å². The first-order valence-electron chi connectivity index (χ1n) is 9.71. The monoisotopic (exact) mass is 349 g/mol. The molecule has 26 heavy (non-hydrogen) atoms. The van der Waals surface area contributed by atoms with Gasteiger partial charge in [-0.3, -0.25) is 4.79 Å². The van der Waals surface area contributed by atoms with Gasteiger partial charge in [-0.15, -0.1) is 0 Å². The van der Waals surface area contributed by atoms with Crippen molar-refractivity contribution >= 4 is 11.9 Å². The number of rotatable bonds is 3. The van der Waals surface area contributed by atoms with Gasteiger partial charge in [0.2, 0.25) is 0 Å². The van der Waals surface area contributed by atoms with E-state index in [0.29, 0.717) is 42.3 Å². The molecule has 0 spiro atoms. The molecule has 1 aromatic rings. The average molecular weight is 349 g/mol. The lowest BCUT2D eigenvalue weighted by Crippen LogP contribution is -2.50. The number of benzene rings is 1. The van der Waals surface area contributed by atoms with Crippen LogP contribution in [0.2, 0.25) is 0 Å². The molecule has 0 atom stereocenters. The Balaban J connectivity index is 1.45. The van der Waals surface area contributed by atoms with Crippen LogP contribution in [-0.2, 0) is 4.79 Å². The van der Waals surface area contributed by atoms with E-state index in [1.807, 2.05) is 18.2 Å². The molecule has 6 rings (SSSR count). The first-order valence-corrected chi connectivity index (χ1v) is 9.71. The van der Waals surface area contributed by atoms with Crippen LogP contribution in [0.4, 0.5) is 0 Å². The zero-order valence-corrected chi connectivity index (χ0v) is 14.9. The minimum atomic E-state index is -0.274. The van der Waals surface area contributed by atoms with Crippen molar-refractivity contribution in [3.8, 4) is 17.6 Å². The standard InChI is InChI=1S/C22H23NO3/c23-13-18(8-14-1-2-19-20(9-14)26-4-3-25-19)21(24)22-10-15-5-16(11-22)7-17(6-15)12-22/h1-2,8-9,15-17H,3-7,10-12H2/b18-8+. The number of carbonyl (C=O) groups excluding carboxylic acids is 1. The number of carbonyl (C=O) groups is 1. The Labute approximate surface area is 153 Å². The molecule has 1 heterocycles. The van der Waals surface area contributed by atoms with Crippen molar-refractivity contribution in [2.75, 3.05) is 13.2 Å². The second kappa shape index (κ2) is 5.87. The number of allylic oxidation sites excluding steroid dienone is 1. The smallest absolute Gasteiger partial charge is 0.179 e. The van der Waals surface area contributed by atoms with Gasteiger partial charge in [0.05, 0.1) is 5.57 Å². The van der Waals surface area contributed by atoms with Gasteiger partial charge in [-0.25, -0.2) is 0 Å². The molecule has 0 saturated heterocycles. The number of ketones is 1. The van der Waals surface area contributed by atoms with E-state index in [-0.39, 0.29) is 11.2 Å². The molecule has 0 radical (unpaired) electrons. The molecule has 134 valence electrons. The number of ether oxygens (including phenoxy) is 2. The molecule has 4 heteroatoms. The van der Waals surface area contributed by atoms with E-state index >= 15 is 0 Å². The maximum absolute atomic E-state index is 13.4. The topological polar surface area (TPSA) is 59.3 Å². The predicted octanol–water partition coefficient (Wildman–Crippen LogP) is 4.15. The lowest BCUT2D eigenvalue weighted by atomic mass is 9.48. The van der Waals surface area contributed by atoms with Gasteiger partial charge in [0.25, 0.3) is 0 Å². The summed E-state index contributed by atoms with van der Waals surface area (Å²) >= 11 is 0. The third-order valence-corrected chi connectivity index (χ3v) is 6.76. The van der Waals surface area contributed by atoms with Crippen LogP contribution < -0.4 is 9.47 Å². The molecular weight excluding hydrogens is 326 g/mol. The normalized spacial score (nSPS) is 34.4. The Kier molecular flexibility index (Phi) is 3.60. The number of hydrogen-bond donors (Lipinski definition) is 0. The van der Waals surface area contributed by atoms with Crippen LogP contribution in [0.1, 0.15) is 44.1 Å². The SMILES string of the molecule is N#C/C(=C\c1ccc2c(c1)OCCO2)C(=O)C12CC3CC(CC(C3)C1)C2. The van der Waals surface area contributed by atoms with Crippen LogP contribution in [-0.4, -0.2) is 19.0 Å². The molecule has 0 amide bonds. The molecule has 4 aliphatic carbocycles. The summed E-state index contributed by atoms with van der Waals surface area (Å²) in [6.45, 7) is 1.08. The van der Waals surface area contributed by atoms with E-state index in [1.54, 1.807) is 6.08 Å². The largest absolute Gasteiger partial charge is 0.486 e. The van der Waals surface area contributed by atoms with Crippen molar-refractivity contribution in [3.05, 3.63) is 29.3 Å². The van der Waals surface area contributed by atoms with Gasteiger partial charge in [-0.05, 0) is 80.1 Å². The minimum absolute atomic E-state index is 0.0778. The molecule has 0 aromatic heterocycles. The highest BCUT2D eigenvalue weighted by atomic mass is 16.6. The Morgan fingerprint density at radius 3 is 2.27 bits per heavy atom. The Morgan fingerprint density at radius 1 is 1.04 bits per heavy atom. The van der Waals surface area contributed by atoms with Crippen molar-refractivity contribution in [1.82, 2.24) is 0 Å². The van der Waals surface area contributed by atoms with Crippen molar-refractivity contribution < 1.29 is 14.3 Å². The van der Waals surface area contributed by atoms with Crippen LogP contribution in [0.5, 0.6) is 11.5 Å². The lowest BCUT2D eigenvalue weighted by Gasteiger charge is -2.55. The van der Waals surface area contributed by atoms with Gasteiger partial charge >= 0.3 is 0 Å². The third kappa shape index (κ3) is 2.53. The van der Waals surface area contributed by atoms with Crippen LogP contribution >= 0.6 is 0 Å². The van der Waals surface area contributed by atoms with Gasteiger partial charge in [0, 0.05) is 5.41 Å². The number of fused-ring (bicyclic) bond motifs is 1. The highest BCUT2D eigenvalue weighted by molar-refractivity contribution is 6.07. The molecule has 1 aromatic carbocycles. The van der Waals surface area contributed by atoms with Gasteiger partial charge in [-0.1, -0.05) is 6.07 Å². The quantitative estimate of drug-likeness (QED) is 0.607. The van der Waals surface area contributed by atoms with Crippen molar-refractivity contribution in [2.24, 2.45) is 23.2 Å². The van der Waals surface area contributed by atoms with E-state index < -0.39 is 0 Å². The fourth-order valence-corrected chi connectivity index (χ4v) is 6.14. The molecule has 4 bridgehead atoms. The first-order chi connectivity index (χ1) is 12.6. The maximum Gasteiger partial charge on any atom is 0.179 e. The molecule has 0 unspecified atom stereocenters. The number of nitriles is 1. The van der Waals surface area contributed by atoms with Crippen LogP contribution in [0, 0.1) is 34.5 Å². The van der Waals surface area contributed by atoms with Crippen molar-refractivity contribution in [2.45, 2.75) is 38.5 Å². The highest BCUT2D eigenvalue weighted by Gasteiger charge is 2.54. The van der Waals surface area contributed by atoms with Gasteiger partial charge < -0.3 is 9.47 Å². The molecule has 0 N–H and O–H groups in total. The van der Waals surface area contributed by atoms with Crippen LogP contribution in [0.25, 0.3) is 6.08 Å². The highest BCUT2D eigenvalue weighted by Crippen LogP contribution is 2.60. The van der Waals surface area contributed by atoms with Crippen LogP contribution in [0.3, 0.4) is 0 Å². The fourth-order valence-electron chi connectivity index (χ4n) is 6.14. The average Bonchev–Trinajstić information content (AvgIpc) is 2.64. The summed E-state index contributed by atoms with van der Waals surface area (Å²) in [6.07, 6.45) is 8.56. The van der Waals surface area contributed by atoms with E-state index in [0.717, 1.165) is 30.6 Å². The van der Waals surface area contributed by atoms with E-state index in [1.165, 1.54) is 19.3 Å². The molecule has 1 aliphatic heterocycles. The lowest BCUT2D eigenvalue weighted by molar-refractivity contribution is -0.139. The summed E-state index contributed by atoms with van der Waals surface area (Å²) in [5.41, 5.74) is 0.844. The summed E-state index contributed by atoms with van der Waals surface area (Å²) in [5.74, 6) is 3.57. The fraction of sp³-hybridized carbons (Fsp3) is 0.545. The zero-order chi connectivity index (χ0) is 17.7. The van der Waals surface area contributed by atoms with Crippen molar-refractivity contribution in [1.29, 1.82) is 5.26 Å². The van der Waals surface area contributed by atoms with Gasteiger partial charge in [0.15, 0.2) is 17.3 Å². The Morgan fingerprint density at radius 2 is 1.65 bits per heavy atom. The maximum atomic E-state index is 13.4. The Hall–Kier alpha value is -2.28. The second-order valence-electron chi connectivity index (χ2n) is 8.60. The number of Topliss-reactive ketones (excluding diaryl/α,β-unsaturated/α-hetero) is 1. The van der Waals surface area contributed by atoms with Gasteiger partial charge in [0.1, 0.15) is 19.3 Å². The number of hydrogen-bond acceptors (Lipinski definition) is 4. The predicted molar refractivity (Wildman–Crippen MR) is 96.6 cm³/mol. The first kappa shape index (κ1) is 15.9. The van der Waals surface area contributed by atoms with E-state index in [4.69, 9.17) is 9.47 Å². The minimum Gasteiger partial charge on any atom is -0.486 e. The Bertz CT molecular complexity index is 797. The molecule has 5 aliphatic rings. The zero-order valence-electron chi connectivity index (χ0n) is 14.9. The summed E-state index contributed by atoms with van der Waals surface area (Å²) in [5, 5.41) is 9.70. The van der Waals surface area contributed by atoms with Crippen LogP contribution in [0.15, 0.2) is 23.8 Å². The summed E-state index contributed by atoms with van der Waals surface area (Å²) in [4.78, 5) is 13.4. The van der Waals surface area contributed by atoms with Crippen molar-refractivity contribution in [3.63, 3.8) is 0 Å². The molecule has 4 saturated carbocycles. The molecular formula is C22H23NO3. The molecule has 4 fully saturated rings. The summed E-state index contributed by atoms with van der Waals surface area (Å²) < 4.78 is 11.2. The van der Waals surface area contributed by atoms with E-state index in [2.05, 4.69) is 6.07 Å². The summed E-state index contributed by atoms with van der Waals surface area (Å²) in [6, 6.07) is 7.79. The second-order valence-corrected chi connectivity index (χ2v) is 8.60. The summed E-state index contributed by atoms with van der Waals surface area (Å²) in [7, 11) is 0. The third-order valence-electron chi connectivity index (χ3n) is 6.76.